The largest absolute Gasteiger partial charge is 0.398 e. The van der Waals surface area contributed by atoms with Crippen LogP contribution in [0.3, 0.4) is 0 Å². The Morgan fingerprint density at radius 2 is 2.10 bits per heavy atom. The number of anilines is 1. The topological polar surface area (TPSA) is 84.2 Å². The summed E-state index contributed by atoms with van der Waals surface area (Å²) < 4.78 is 0. The molecule has 3 amide bonds. The molecule has 0 unspecified atom stereocenters. The van der Waals surface area contributed by atoms with Crippen molar-refractivity contribution in [3.63, 3.8) is 0 Å². The first kappa shape index (κ1) is 17.7. The molecule has 0 aliphatic carbocycles. The normalized spacial score (nSPS) is 10.5. The molecule has 5 nitrogen and oxygen atoms in total. The number of nitrogens with two attached hydrogens (primary N) is 1. The van der Waals surface area contributed by atoms with Gasteiger partial charge in [0.15, 0.2) is 0 Å². The third-order valence-corrected chi connectivity index (χ3v) is 3.90. The van der Waals surface area contributed by atoms with E-state index in [-0.39, 0.29) is 11.7 Å². The van der Waals surface area contributed by atoms with Crippen molar-refractivity contribution in [2.24, 2.45) is 5.92 Å². The highest BCUT2D eigenvalue weighted by molar-refractivity contribution is 8.00. The fraction of sp³-hybridized carbons (Fsp3) is 0.429. The summed E-state index contributed by atoms with van der Waals surface area (Å²) in [5.74, 6) is 0.228. The van der Waals surface area contributed by atoms with Crippen LogP contribution in [-0.2, 0) is 4.79 Å². The molecule has 0 radical (unpaired) electrons. The third kappa shape index (κ3) is 7.24. The van der Waals surface area contributed by atoms with E-state index in [1.807, 2.05) is 0 Å². The molecule has 1 rings (SSSR count). The van der Waals surface area contributed by atoms with Gasteiger partial charge < -0.3 is 11.1 Å². The molecule has 0 heterocycles. The number of nitrogens with one attached hydrogen (secondary N) is 2. The van der Waals surface area contributed by atoms with E-state index in [9.17, 15) is 9.59 Å². The number of halogens is 1. The minimum Gasteiger partial charge on any atom is -0.398 e. The van der Waals surface area contributed by atoms with Crippen LogP contribution in [0.4, 0.5) is 10.5 Å². The molecule has 1 aromatic rings. The van der Waals surface area contributed by atoms with Gasteiger partial charge in [0.1, 0.15) is 0 Å². The van der Waals surface area contributed by atoms with Crippen molar-refractivity contribution in [2.75, 3.05) is 18.0 Å². The Bertz CT molecular complexity index is 509. The van der Waals surface area contributed by atoms with Gasteiger partial charge in [-0.1, -0.05) is 25.4 Å². The summed E-state index contributed by atoms with van der Waals surface area (Å²) in [5, 5.41) is 5.47. The molecule has 0 saturated carbocycles. The quantitative estimate of drug-likeness (QED) is 0.553. The van der Waals surface area contributed by atoms with Gasteiger partial charge in [0, 0.05) is 22.2 Å². The minimum atomic E-state index is -0.472. The Morgan fingerprint density at radius 1 is 1.38 bits per heavy atom. The monoisotopic (exact) mass is 329 g/mol. The van der Waals surface area contributed by atoms with E-state index in [2.05, 4.69) is 24.5 Å². The van der Waals surface area contributed by atoms with Gasteiger partial charge >= 0.3 is 6.03 Å². The summed E-state index contributed by atoms with van der Waals surface area (Å²) in [6.07, 6.45) is 0.870. The van der Waals surface area contributed by atoms with Crippen molar-refractivity contribution in [3.8, 4) is 0 Å². The van der Waals surface area contributed by atoms with Crippen LogP contribution < -0.4 is 16.4 Å². The van der Waals surface area contributed by atoms with Crippen LogP contribution in [0.1, 0.15) is 20.3 Å². The molecule has 0 fully saturated rings. The van der Waals surface area contributed by atoms with Gasteiger partial charge in [0.25, 0.3) is 0 Å². The molecule has 0 spiro atoms. The smallest absolute Gasteiger partial charge is 0.321 e. The Balaban J connectivity index is 2.33. The van der Waals surface area contributed by atoms with E-state index in [0.29, 0.717) is 23.2 Å². The second-order valence-electron chi connectivity index (χ2n) is 4.96. The summed E-state index contributed by atoms with van der Waals surface area (Å²) in [4.78, 5) is 23.8. The fourth-order valence-corrected chi connectivity index (χ4v) is 2.50. The molecule has 7 heteroatoms. The molecular formula is C14H20ClN3O2S. The van der Waals surface area contributed by atoms with Crippen LogP contribution in [0.5, 0.6) is 0 Å². The van der Waals surface area contributed by atoms with Gasteiger partial charge in [-0.05, 0) is 30.5 Å². The van der Waals surface area contributed by atoms with Crippen LogP contribution in [0, 0.1) is 5.92 Å². The number of urea groups is 1. The molecule has 0 aromatic heterocycles. The van der Waals surface area contributed by atoms with E-state index in [1.165, 1.54) is 11.8 Å². The maximum atomic E-state index is 11.7. The van der Waals surface area contributed by atoms with Gasteiger partial charge in [0.05, 0.1) is 5.75 Å². The van der Waals surface area contributed by atoms with Crippen LogP contribution in [0.15, 0.2) is 23.1 Å². The highest BCUT2D eigenvalue weighted by atomic mass is 35.5. The summed E-state index contributed by atoms with van der Waals surface area (Å²) in [7, 11) is 0. The minimum absolute atomic E-state index is 0.0993. The lowest BCUT2D eigenvalue weighted by Crippen LogP contribution is -2.40. The predicted molar refractivity (Wildman–Crippen MR) is 87.6 cm³/mol. The Labute approximate surface area is 134 Å². The van der Waals surface area contributed by atoms with Crippen molar-refractivity contribution in [2.45, 2.75) is 25.2 Å². The van der Waals surface area contributed by atoms with Crippen molar-refractivity contribution >= 4 is 41.0 Å². The Kier molecular flexibility index (Phi) is 7.39. The van der Waals surface area contributed by atoms with E-state index in [0.717, 1.165) is 11.3 Å². The molecule has 0 bridgehead atoms. The lowest BCUT2D eigenvalue weighted by atomic mass is 10.1. The van der Waals surface area contributed by atoms with Crippen molar-refractivity contribution in [1.29, 1.82) is 0 Å². The molecule has 1 aromatic carbocycles. The predicted octanol–water partition coefficient (Wildman–Crippen LogP) is 2.89. The molecule has 4 N–H and O–H groups in total. The standard InChI is InChI=1S/C14H20ClN3O2S/c1-9(2)5-6-17-14(20)18-13(19)8-21-12-7-10(15)3-4-11(12)16/h3-4,7,9H,5-6,8,16H2,1-2H3,(H2,17,18,19,20). The van der Waals surface area contributed by atoms with Crippen molar-refractivity contribution in [3.05, 3.63) is 23.2 Å². The SMILES string of the molecule is CC(C)CCNC(=O)NC(=O)CSc1cc(Cl)ccc1N. The van der Waals surface area contributed by atoms with E-state index < -0.39 is 6.03 Å². The number of rotatable bonds is 6. The fourth-order valence-electron chi connectivity index (χ4n) is 1.46. The second kappa shape index (κ2) is 8.79. The van der Waals surface area contributed by atoms with Gasteiger partial charge in [-0.2, -0.15) is 0 Å². The van der Waals surface area contributed by atoms with Crippen LogP contribution in [0.2, 0.25) is 5.02 Å². The number of hydrogen-bond donors (Lipinski definition) is 3. The lowest BCUT2D eigenvalue weighted by Gasteiger charge is -2.09. The molecule has 0 atom stereocenters. The summed E-state index contributed by atoms with van der Waals surface area (Å²) >= 11 is 7.10. The average Bonchev–Trinajstić information content (AvgIpc) is 2.39. The van der Waals surface area contributed by atoms with Crippen molar-refractivity contribution < 1.29 is 9.59 Å². The summed E-state index contributed by atoms with van der Waals surface area (Å²) in [6.45, 7) is 4.68. The molecule has 116 valence electrons. The van der Waals surface area contributed by atoms with Gasteiger partial charge in [-0.15, -0.1) is 11.8 Å². The molecule has 0 saturated heterocycles. The average molecular weight is 330 g/mol. The number of hydrogen-bond acceptors (Lipinski definition) is 4. The van der Waals surface area contributed by atoms with Crippen LogP contribution in [0.25, 0.3) is 0 Å². The Morgan fingerprint density at radius 3 is 2.76 bits per heavy atom. The number of thioether (sulfide) groups is 1. The first-order chi connectivity index (χ1) is 9.88. The third-order valence-electron chi connectivity index (χ3n) is 2.59. The number of amides is 3. The number of benzene rings is 1. The van der Waals surface area contributed by atoms with Crippen LogP contribution in [-0.4, -0.2) is 24.2 Å². The Hall–Kier alpha value is -1.40. The zero-order valence-corrected chi connectivity index (χ0v) is 13.7. The second-order valence-corrected chi connectivity index (χ2v) is 6.41. The van der Waals surface area contributed by atoms with Gasteiger partial charge in [-0.25, -0.2) is 4.79 Å². The maximum absolute atomic E-state index is 11.7. The highest BCUT2D eigenvalue weighted by Gasteiger charge is 2.09. The first-order valence-electron chi connectivity index (χ1n) is 6.64. The van der Waals surface area contributed by atoms with E-state index in [4.69, 9.17) is 17.3 Å². The van der Waals surface area contributed by atoms with E-state index in [1.54, 1.807) is 18.2 Å². The molecule has 21 heavy (non-hydrogen) atoms. The van der Waals surface area contributed by atoms with Crippen LogP contribution >= 0.6 is 23.4 Å². The highest BCUT2D eigenvalue weighted by Crippen LogP contribution is 2.27. The number of carbonyl (C=O) groups is 2. The zero-order valence-electron chi connectivity index (χ0n) is 12.1. The number of nitrogen functional groups attached to an aromatic ring is 1. The maximum Gasteiger partial charge on any atom is 0.321 e. The first-order valence-corrected chi connectivity index (χ1v) is 8.00. The number of carbonyl (C=O) groups excluding carboxylic acids is 2. The van der Waals surface area contributed by atoms with E-state index >= 15 is 0 Å². The number of imide groups is 1. The molecular weight excluding hydrogens is 310 g/mol. The van der Waals surface area contributed by atoms with Gasteiger partial charge in [0.2, 0.25) is 5.91 Å². The summed E-state index contributed by atoms with van der Waals surface area (Å²) in [5.41, 5.74) is 6.33. The zero-order chi connectivity index (χ0) is 15.8. The lowest BCUT2D eigenvalue weighted by molar-refractivity contribution is -0.117. The summed E-state index contributed by atoms with van der Waals surface area (Å²) in [6, 6.07) is 4.59. The van der Waals surface area contributed by atoms with Gasteiger partial charge in [-0.3, -0.25) is 10.1 Å². The van der Waals surface area contributed by atoms with Crippen molar-refractivity contribution in [1.82, 2.24) is 10.6 Å². The molecule has 0 aliphatic rings. The molecule has 0 aliphatic heterocycles.